The number of imide groups is 1. The molecule has 0 aromatic heterocycles. The van der Waals surface area contributed by atoms with Crippen molar-refractivity contribution >= 4 is 30.0 Å². The normalized spacial score (nSPS) is 21.1. The predicted octanol–water partition coefficient (Wildman–Crippen LogP) is 2.92. The lowest BCUT2D eigenvalue weighted by Gasteiger charge is -2.28. The maximum absolute atomic E-state index is 12.2. The lowest BCUT2D eigenvalue weighted by molar-refractivity contribution is 0.196. The van der Waals surface area contributed by atoms with Crippen LogP contribution >= 0.6 is 11.9 Å². The molecular formula is C14H26N4O3S. The van der Waals surface area contributed by atoms with Gasteiger partial charge in [0, 0.05) is 11.3 Å². The molecule has 0 spiro atoms. The molecule has 0 aromatic rings. The Balaban J connectivity index is 2.63. The molecule has 3 N–H and O–H groups in total. The summed E-state index contributed by atoms with van der Waals surface area (Å²) in [6.45, 7) is 5.73. The van der Waals surface area contributed by atoms with Gasteiger partial charge in [0.15, 0.2) is 0 Å². The van der Waals surface area contributed by atoms with Crippen molar-refractivity contribution in [3.8, 4) is 0 Å². The Morgan fingerprint density at radius 1 is 1.27 bits per heavy atom. The summed E-state index contributed by atoms with van der Waals surface area (Å²) in [6.07, 6.45) is 4.58. The molecule has 0 radical (unpaired) electrons. The van der Waals surface area contributed by atoms with Crippen molar-refractivity contribution in [2.45, 2.75) is 57.7 Å². The average Bonchev–Trinajstić information content (AvgIpc) is 2.45. The molecule has 8 heteroatoms. The Kier molecular flexibility index (Phi) is 7.50. The summed E-state index contributed by atoms with van der Waals surface area (Å²) in [5, 5.41) is 10.6. The lowest BCUT2D eigenvalue weighted by Crippen LogP contribution is -2.52. The van der Waals surface area contributed by atoms with Gasteiger partial charge in [0.1, 0.15) is 0 Å². The fourth-order valence-corrected chi connectivity index (χ4v) is 3.30. The fourth-order valence-electron chi connectivity index (χ4n) is 2.31. The SMILES string of the molecule is COC(=N)N(C(=O)NSC1CCCCC1C)C(=O)NC(C)C. The van der Waals surface area contributed by atoms with Gasteiger partial charge in [0.2, 0.25) is 0 Å². The van der Waals surface area contributed by atoms with Crippen molar-refractivity contribution in [2.24, 2.45) is 5.92 Å². The van der Waals surface area contributed by atoms with Crippen molar-refractivity contribution in [3.05, 3.63) is 0 Å². The molecule has 22 heavy (non-hydrogen) atoms. The van der Waals surface area contributed by atoms with E-state index in [1.54, 1.807) is 13.8 Å². The van der Waals surface area contributed by atoms with E-state index in [9.17, 15) is 9.59 Å². The molecule has 1 fully saturated rings. The summed E-state index contributed by atoms with van der Waals surface area (Å²) in [5.74, 6) is 0.527. The number of ether oxygens (including phenoxy) is 1. The Hall–Kier alpha value is -1.44. The molecule has 126 valence electrons. The van der Waals surface area contributed by atoms with E-state index in [4.69, 9.17) is 10.1 Å². The van der Waals surface area contributed by atoms with Crippen LogP contribution in [0.25, 0.3) is 0 Å². The topological polar surface area (TPSA) is 94.5 Å². The summed E-state index contributed by atoms with van der Waals surface area (Å²) < 4.78 is 7.40. The molecule has 1 aliphatic rings. The number of hydrogen-bond acceptors (Lipinski definition) is 5. The summed E-state index contributed by atoms with van der Waals surface area (Å²) in [6, 6.07) is -1.98. The summed E-state index contributed by atoms with van der Waals surface area (Å²) >= 11 is 1.33. The maximum Gasteiger partial charge on any atom is 0.343 e. The van der Waals surface area contributed by atoms with Crippen LogP contribution in [0.1, 0.15) is 46.5 Å². The Bertz CT molecular complexity index is 417. The van der Waals surface area contributed by atoms with Gasteiger partial charge in [-0.1, -0.05) is 19.8 Å². The van der Waals surface area contributed by atoms with E-state index in [2.05, 4.69) is 17.0 Å². The van der Waals surface area contributed by atoms with Crippen LogP contribution in [0.5, 0.6) is 0 Å². The lowest BCUT2D eigenvalue weighted by atomic mass is 9.90. The molecule has 0 heterocycles. The standard InChI is InChI=1S/C14H26N4O3S/c1-9(2)16-13(19)18(12(15)21-4)14(20)17-22-11-8-6-5-7-10(11)3/h9-11,15H,5-8H2,1-4H3,(H,16,19)(H,17,20). The minimum atomic E-state index is -0.670. The van der Waals surface area contributed by atoms with Crippen molar-refractivity contribution in [2.75, 3.05) is 7.11 Å². The molecule has 0 aliphatic heterocycles. The van der Waals surface area contributed by atoms with Crippen LogP contribution in [-0.4, -0.2) is 41.4 Å². The second-order valence-corrected chi connectivity index (χ2v) is 6.82. The molecule has 0 bridgehead atoms. The van der Waals surface area contributed by atoms with Gasteiger partial charge in [-0.25, -0.2) is 9.59 Å². The number of methoxy groups -OCH3 is 1. The van der Waals surface area contributed by atoms with Gasteiger partial charge in [0.25, 0.3) is 0 Å². The molecule has 0 saturated heterocycles. The van der Waals surface area contributed by atoms with Gasteiger partial charge >= 0.3 is 18.1 Å². The van der Waals surface area contributed by atoms with Crippen LogP contribution in [0, 0.1) is 11.3 Å². The van der Waals surface area contributed by atoms with E-state index >= 15 is 0 Å². The molecule has 1 rings (SSSR count). The first kappa shape index (κ1) is 18.6. The highest BCUT2D eigenvalue weighted by Gasteiger charge is 2.29. The highest BCUT2D eigenvalue weighted by Crippen LogP contribution is 2.31. The molecule has 0 aromatic carbocycles. The van der Waals surface area contributed by atoms with E-state index in [1.165, 1.54) is 25.5 Å². The van der Waals surface area contributed by atoms with Crippen LogP contribution in [0.2, 0.25) is 0 Å². The van der Waals surface area contributed by atoms with Crippen LogP contribution in [0.3, 0.4) is 0 Å². The molecule has 2 atom stereocenters. The van der Waals surface area contributed by atoms with Gasteiger partial charge in [-0.2, -0.15) is 4.90 Å². The first-order valence-electron chi connectivity index (χ1n) is 7.55. The fraction of sp³-hybridized carbons (Fsp3) is 0.786. The second kappa shape index (κ2) is 8.87. The van der Waals surface area contributed by atoms with Crippen molar-refractivity contribution in [1.29, 1.82) is 5.41 Å². The summed E-state index contributed by atoms with van der Waals surface area (Å²) in [7, 11) is 1.25. The summed E-state index contributed by atoms with van der Waals surface area (Å²) in [5.41, 5.74) is 0. The number of rotatable bonds is 3. The third-order valence-corrected chi connectivity index (χ3v) is 4.84. The number of amides is 4. The highest BCUT2D eigenvalue weighted by atomic mass is 32.2. The number of urea groups is 2. The average molecular weight is 330 g/mol. The van der Waals surface area contributed by atoms with Crippen LogP contribution in [-0.2, 0) is 4.74 Å². The van der Waals surface area contributed by atoms with Gasteiger partial charge in [-0.05, 0) is 44.6 Å². The van der Waals surface area contributed by atoms with Crippen LogP contribution < -0.4 is 10.0 Å². The van der Waals surface area contributed by atoms with Gasteiger partial charge in [-0.3, -0.25) is 10.1 Å². The largest absolute Gasteiger partial charge is 0.468 e. The highest BCUT2D eigenvalue weighted by molar-refractivity contribution is 7.98. The second-order valence-electron chi connectivity index (χ2n) is 5.77. The molecule has 2 unspecified atom stereocenters. The number of carbonyl (C=O) groups is 2. The third kappa shape index (κ3) is 5.40. The number of nitrogens with one attached hydrogen (secondary N) is 3. The van der Waals surface area contributed by atoms with E-state index < -0.39 is 18.1 Å². The van der Waals surface area contributed by atoms with E-state index in [0.29, 0.717) is 16.1 Å². The summed E-state index contributed by atoms with van der Waals surface area (Å²) in [4.78, 5) is 24.9. The zero-order chi connectivity index (χ0) is 16.7. The molecule has 7 nitrogen and oxygen atoms in total. The zero-order valence-electron chi connectivity index (χ0n) is 13.6. The molecular weight excluding hydrogens is 304 g/mol. The molecule has 1 saturated carbocycles. The molecule has 4 amide bonds. The quantitative estimate of drug-likeness (QED) is 0.421. The minimum absolute atomic E-state index is 0.140. The maximum atomic E-state index is 12.2. The van der Waals surface area contributed by atoms with E-state index in [-0.39, 0.29) is 6.04 Å². The molecule has 1 aliphatic carbocycles. The van der Waals surface area contributed by atoms with Crippen molar-refractivity contribution in [1.82, 2.24) is 14.9 Å². The third-order valence-electron chi connectivity index (χ3n) is 3.55. The van der Waals surface area contributed by atoms with Gasteiger partial charge in [-0.15, -0.1) is 0 Å². The predicted molar refractivity (Wildman–Crippen MR) is 87.8 cm³/mol. The number of nitrogens with zero attached hydrogens (tertiary/aromatic N) is 1. The number of carbonyl (C=O) groups excluding carboxylic acids is 2. The Morgan fingerprint density at radius 2 is 1.91 bits per heavy atom. The van der Waals surface area contributed by atoms with Crippen molar-refractivity contribution in [3.63, 3.8) is 0 Å². The van der Waals surface area contributed by atoms with Crippen LogP contribution in [0.15, 0.2) is 0 Å². The van der Waals surface area contributed by atoms with E-state index in [1.807, 2.05) is 0 Å². The van der Waals surface area contributed by atoms with E-state index in [0.717, 1.165) is 19.3 Å². The monoisotopic (exact) mass is 330 g/mol. The van der Waals surface area contributed by atoms with Crippen LogP contribution in [0.4, 0.5) is 9.59 Å². The van der Waals surface area contributed by atoms with Crippen molar-refractivity contribution < 1.29 is 14.3 Å². The minimum Gasteiger partial charge on any atom is -0.468 e. The smallest absolute Gasteiger partial charge is 0.343 e. The van der Waals surface area contributed by atoms with Gasteiger partial charge in [0.05, 0.1) is 7.11 Å². The first-order valence-corrected chi connectivity index (χ1v) is 8.43. The number of amidine groups is 1. The number of hydrogen-bond donors (Lipinski definition) is 3. The first-order chi connectivity index (χ1) is 10.4. The Labute approximate surface area is 136 Å². The van der Waals surface area contributed by atoms with Gasteiger partial charge < -0.3 is 10.1 Å². The Morgan fingerprint density at radius 3 is 2.45 bits per heavy atom. The zero-order valence-corrected chi connectivity index (χ0v) is 14.5.